The van der Waals surface area contributed by atoms with Gasteiger partial charge in [-0.2, -0.15) is 0 Å². The average molecular weight is 297 g/mol. The maximum Gasteiger partial charge on any atom is 0.147 e. The number of aromatic nitrogens is 1. The lowest BCUT2D eigenvalue weighted by Gasteiger charge is -2.11. The van der Waals surface area contributed by atoms with Crippen molar-refractivity contribution in [3.63, 3.8) is 0 Å². The van der Waals surface area contributed by atoms with Crippen molar-refractivity contribution >= 4 is 39.4 Å². The highest BCUT2D eigenvalue weighted by molar-refractivity contribution is 7.80. The fourth-order valence-electron chi connectivity index (χ4n) is 2.15. The van der Waals surface area contributed by atoms with Gasteiger partial charge in [-0.1, -0.05) is 24.4 Å². The summed E-state index contributed by atoms with van der Waals surface area (Å²) in [4.78, 5) is 4.26. The zero-order chi connectivity index (χ0) is 14.8. The van der Waals surface area contributed by atoms with E-state index in [1.54, 1.807) is 24.5 Å². The van der Waals surface area contributed by atoms with Crippen LogP contribution in [0.5, 0.6) is 0 Å². The van der Waals surface area contributed by atoms with E-state index >= 15 is 0 Å². The van der Waals surface area contributed by atoms with E-state index in [1.165, 1.54) is 6.07 Å². The van der Waals surface area contributed by atoms with Crippen molar-refractivity contribution in [1.29, 1.82) is 0 Å². The quantitative estimate of drug-likeness (QED) is 0.723. The summed E-state index contributed by atoms with van der Waals surface area (Å²) in [5.41, 5.74) is 7.20. The number of halogens is 1. The van der Waals surface area contributed by atoms with Gasteiger partial charge in [0.05, 0.1) is 5.69 Å². The molecule has 0 aliphatic rings. The molecule has 0 bridgehead atoms. The molecule has 0 amide bonds. The SMILES string of the molecule is NC(=S)c1ccc(Nc2cccc3cnccc23)c(F)c1. The Morgan fingerprint density at radius 2 is 2.00 bits per heavy atom. The van der Waals surface area contributed by atoms with Gasteiger partial charge in [0.15, 0.2) is 0 Å². The first-order valence-corrected chi connectivity index (χ1v) is 6.75. The van der Waals surface area contributed by atoms with Crippen molar-refractivity contribution < 1.29 is 4.39 Å². The highest BCUT2D eigenvalue weighted by Gasteiger charge is 2.07. The predicted octanol–water partition coefficient (Wildman–Crippen LogP) is 3.75. The molecular formula is C16H12FN3S. The molecule has 0 saturated heterocycles. The largest absolute Gasteiger partial charge is 0.389 e. The van der Waals surface area contributed by atoms with Gasteiger partial charge in [0, 0.05) is 34.4 Å². The van der Waals surface area contributed by atoms with Crippen molar-refractivity contribution in [2.75, 3.05) is 5.32 Å². The van der Waals surface area contributed by atoms with Crippen LogP contribution in [-0.2, 0) is 0 Å². The summed E-state index contributed by atoms with van der Waals surface area (Å²) < 4.78 is 14.1. The van der Waals surface area contributed by atoms with Crippen molar-refractivity contribution in [3.05, 3.63) is 66.2 Å². The van der Waals surface area contributed by atoms with E-state index < -0.39 is 5.82 Å². The third kappa shape index (κ3) is 2.68. The van der Waals surface area contributed by atoms with Gasteiger partial charge < -0.3 is 11.1 Å². The first-order chi connectivity index (χ1) is 10.1. The van der Waals surface area contributed by atoms with Crippen molar-refractivity contribution in [1.82, 2.24) is 4.98 Å². The van der Waals surface area contributed by atoms with Gasteiger partial charge in [0.25, 0.3) is 0 Å². The molecule has 0 unspecified atom stereocenters. The average Bonchev–Trinajstić information content (AvgIpc) is 2.49. The summed E-state index contributed by atoms with van der Waals surface area (Å²) in [6.45, 7) is 0. The standard InChI is InChI=1S/C16H12FN3S/c17-13-8-10(16(18)21)4-5-15(13)20-14-3-1-2-11-9-19-7-6-12(11)14/h1-9,20H,(H2,18,21). The molecule has 3 aromatic rings. The van der Waals surface area contributed by atoms with E-state index in [9.17, 15) is 4.39 Å². The number of anilines is 2. The second-order valence-corrected chi connectivity index (χ2v) is 5.03. The molecule has 21 heavy (non-hydrogen) atoms. The smallest absolute Gasteiger partial charge is 0.147 e. The van der Waals surface area contributed by atoms with Crippen LogP contribution in [0.2, 0.25) is 0 Å². The Bertz CT molecular complexity index is 827. The number of fused-ring (bicyclic) bond motifs is 1. The third-order valence-corrected chi connectivity index (χ3v) is 3.44. The number of hydrogen-bond acceptors (Lipinski definition) is 3. The van der Waals surface area contributed by atoms with Gasteiger partial charge in [-0.25, -0.2) is 4.39 Å². The molecule has 0 saturated carbocycles. The Morgan fingerprint density at radius 3 is 2.76 bits per heavy atom. The van der Waals surface area contributed by atoms with Gasteiger partial charge >= 0.3 is 0 Å². The van der Waals surface area contributed by atoms with Crippen LogP contribution in [0.25, 0.3) is 10.8 Å². The molecule has 2 aromatic carbocycles. The van der Waals surface area contributed by atoms with Crippen LogP contribution in [0, 0.1) is 5.82 Å². The van der Waals surface area contributed by atoms with E-state index in [1.807, 2.05) is 24.3 Å². The summed E-state index contributed by atoms with van der Waals surface area (Å²) in [6.07, 6.45) is 3.48. The predicted molar refractivity (Wildman–Crippen MR) is 87.3 cm³/mol. The Hall–Kier alpha value is -2.53. The van der Waals surface area contributed by atoms with Crippen molar-refractivity contribution in [2.24, 2.45) is 5.73 Å². The Kier molecular flexibility index (Phi) is 3.50. The fraction of sp³-hybridized carbons (Fsp3) is 0. The number of nitrogens with two attached hydrogens (primary N) is 1. The highest BCUT2D eigenvalue weighted by Crippen LogP contribution is 2.27. The molecule has 0 radical (unpaired) electrons. The van der Waals surface area contributed by atoms with Gasteiger partial charge in [0.1, 0.15) is 10.8 Å². The maximum absolute atomic E-state index is 14.1. The Balaban J connectivity index is 2.01. The van der Waals surface area contributed by atoms with Gasteiger partial charge in [-0.3, -0.25) is 4.98 Å². The molecule has 0 aliphatic heterocycles. The van der Waals surface area contributed by atoms with Crippen LogP contribution in [0.4, 0.5) is 15.8 Å². The van der Waals surface area contributed by atoms with Crippen LogP contribution in [-0.4, -0.2) is 9.97 Å². The summed E-state index contributed by atoms with van der Waals surface area (Å²) in [5, 5.41) is 5.06. The number of nitrogens with one attached hydrogen (secondary N) is 1. The maximum atomic E-state index is 14.1. The molecule has 104 valence electrons. The lowest BCUT2D eigenvalue weighted by molar-refractivity contribution is 0.631. The minimum atomic E-state index is -0.397. The van der Waals surface area contributed by atoms with Gasteiger partial charge in [-0.05, 0) is 30.3 Å². The first-order valence-electron chi connectivity index (χ1n) is 6.34. The molecule has 0 aliphatic carbocycles. The van der Waals surface area contributed by atoms with E-state index in [0.717, 1.165) is 16.5 Å². The number of hydrogen-bond donors (Lipinski definition) is 2. The molecular weight excluding hydrogens is 285 g/mol. The lowest BCUT2D eigenvalue weighted by atomic mass is 10.1. The van der Waals surface area contributed by atoms with Crippen LogP contribution in [0.3, 0.4) is 0 Å². The zero-order valence-corrected chi connectivity index (χ0v) is 11.8. The number of benzene rings is 2. The van der Waals surface area contributed by atoms with Crippen LogP contribution in [0.15, 0.2) is 54.9 Å². The molecule has 0 fully saturated rings. The third-order valence-electron chi connectivity index (χ3n) is 3.20. The van der Waals surface area contributed by atoms with Crippen LogP contribution >= 0.6 is 12.2 Å². The van der Waals surface area contributed by atoms with Crippen molar-refractivity contribution in [2.45, 2.75) is 0 Å². The van der Waals surface area contributed by atoms with Gasteiger partial charge in [-0.15, -0.1) is 0 Å². The van der Waals surface area contributed by atoms with Gasteiger partial charge in [0.2, 0.25) is 0 Å². The number of thiocarbonyl (C=S) groups is 1. The molecule has 3 rings (SSSR count). The molecule has 1 heterocycles. The zero-order valence-electron chi connectivity index (χ0n) is 11.0. The Labute approximate surface area is 126 Å². The fourth-order valence-corrected chi connectivity index (χ4v) is 2.27. The summed E-state index contributed by atoms with van der Waals surface area (Å²) >= 11 is 4.84. The van der Waals surface area contributed by atoms with E-state index in [2.05, 4.69) is 10.3 Å². The number of pyridine rings is 1. The second-order valence-electron chi connectivity index (χ2n) is 4.59. The minimum Gasteiger partial charge on any atom is -0.389 e. The molecule has 3 nitrogen and oxygen atoms in total. The molecule has 0 spiro atoms. The normalized spacial score (nSPS) is 10.5. The molecule has 5 heteroatoms. The summed E-state index contributed by atoms with van der Waals surface area (Å²) in [6, 6.07) is 12.3. The van der Waals surface area contributed by atoms with Crippen LogP contribution in [0.1, 0.15) is 5.56 Å². The van der Waals surface area contributed by atoms with E-state index in [4.69, 9.17) is 18.0 Å². The summed E-state index contributed by atoms with van der Waals surface area (Å²) in [5.74, 6) is -0.397. The lowest BCUT2D eigenvalue weighted by Crippen LogP contribution is -2.09. The highest BCUT2D eigenvalue weighted by atomic mass is 32.1. The van der Waals surface area contributed by atoms with E-state index in [-0.39, 0.29) is 4.99 Å². The molecule has 3 N–H and O–H groups in total. The molecule has 1 aromatic heterocycles. The minimum absolute atomic E-state index is 0.177. The monoisotopic (exact) mass is 297 g/mol. The number of nitrogens with zero attached hydrogens (tertiary/aromatic N) is 1. The topological polar surface area (TPSA) is 50.9 Å². The molecule has 0 atom stereocenters. The van der Waals surface area contributed by atoms with E-state index in [0.29, 0.717) is 11.3 Å². The first kappa shape index (κ1) is 13.5. The van der Waals surface area contributed by atoms with Crippen molar-refractivity contribution in [3.8, 4) is 0 Å². The second kappa shape index (κ2) is 5.46. The van der Waals surface area contributed by atoms with Crippen LogP contribution < -0.4 is 11.1 Å². The summed E-state index contributed by atoms with van der Waals surface area (Å²) in [7, 11) is 0. The number of rotatable bonds is 3. The Morgan fingerprint density at radius 1 is 1.14 bits per heavy atom.